The number of hydrogen-bond donors (Lipinski definition) is 2. The van der Waals surface area contributed by atoms with E-state index in [1.807, 2.05) is 0 Å². The van der Waals surface area contributed by atoms with Crippen LogP contribution in [0.2, 0.25) is 0 Å². The molecule has 2 aromatic heterocycles. The fourth-order valence-corrected chi connectivity index (χ4v) is 4.66. The Morgan fingerprint density at radius 2 is 2.06 bits per heavy atom. The summed E-state index contributed by atoms with van der Waals surface area (Å²) in [5.41, 5.74) is 0.0131. The Morgan fingerprint density at radius 1 is 1.28 bits per heavy atom. The highest BCUT2D eigenvalue weighted by Gasteiger charge is 2.40. The van der Waals surface area contributed by atoms with Gasteiger partial charge in [0.15, 0.2) is 5.03 Å². The van der Waals surface area contributed by atoms with E-state index in [0.29, 0.717) is 30.7 Å². The molecule has 1 unspecified atom stereocenters. The Balaban J connectivity index is 1.79. The minimum absolute atomic E-state index is 0.202. The molecule has 0 spiro atoms. The standard InChI is InChI=1S/C22H31N5O4S/c1-16-11-14-27(22(16,2)3)20-17(8-6-12-24-20)21(28)26-32(29,30)19-10-5-9-18(25-19)23-13-7-15-31-4/h5-6,8-10,12,16H,7,11,13-15H2,1-4H3,(H,23,25)(H,26,28). The van der Waals surface area contributed by atoms with Crippen LogP contribution >= 0.6 is 0 Å². The Kier molecular flexibility index (Phi) is 7.35. The van der Waals surface area contributed by atoms with Crippen molar-refractivity contribution in [1.82, 2.24) is 14.7 Å². The molecule has 2 aromatic rings. The van der Waals surface area contributed by atoms with Crippen molar-refractivity contribution < 1.29 is 17.9 Å². The van der Waals surface area contributed by atoms with E-state index in [-0.39, 0.29) is 16.1 Å². The molecule has 2 N–H and O–H groups in total. The van der Waals surface area contributed by atoms with Crippen LogP contribution in [0.3, 0.4) is 0 Å². The lowest BCUT2D eigenvalue weighted by molar-refractivity contribution is 0.0981. The van der Waals surface area contributed by atoms with Gasteiger partial charge in [-0.15, -0.1) is 0 Å². The average Bonchev–Trinajstić information content (AvgIpc) is 3.03. The predicted octanol–water partition coefficient (Wildman–Crippen LogP) is 2.67. The van der Waals surface area contributed by atoms with E-state index in [9.17, 15) is 13.2 Å². The van der Waals surface area contributed by atoms with Crippen molar-refractivity contribution in [2.45, 2.75) is 44.2 Å². The van der Waals surface area contributed by atoms with E-state index in [0.717, 1.165) is 19.4 Å². The number of methoxy groups -OCH3 is 1. The van der Waals surface area contributed by atoms with Crippen LogP contribution in [0.25, 0.3) is 0 Å². The fraction of sp³-hybridized carbons (Fsp3) is 0.500. The first-order valence-electron chi connectivity index (χ1n) is 10.7. The van der Waals surface area contributed by atoms with Crippen molar-refractivity contribution in [3.05, 3.63) is 42.1 Å². The first-order chi connectivity index (χ1) is 15.2. The van der Waals surface area contributed by atoms with Crippen LogP contribution in [0, 0.1) is 5.92 Å². The summed E-state index contributed by atoms with van der Waals surface area (Å²) in [7, 11) is -2.55. The maximum Gasteiger partial charge on any atom is 0.281 e. The van der Waals surface area contributed by atoms with E-state index >= 15 is 0 Å². The minimum Gasteiger partial charge on any atom is -0.385 e. The summed E-state index contributed by atoms with van der Waals surface area (Å²) < 4.78 is 32.9. The van der Waals surface area contributed by atoms with Crippen molar-refractivity contribution in [3.63, 3.8) is 0 Å². The van der Waals surface area contributed by atoms with Crippen LogP contribution in [0.5, 0.6) is 0 Å². The van der Waals surface area contributed by atoms with Crippen molar-refractivity contribution in [3.8, 4) is 0 Å². The van der Waals surface area contributed by atoms with Gasteiger partial charge in [0.25, 0.3) is 15.9 Å². The molecule has 10 heteroatoms. The molecule has 3 rings (SSSR count). The molecule has 0 aliphatic carbocycles. The number of nitrogens with one attached hydrogen (secondary N) is 2. The zero-order valence-electron chi connectivity index (χ0n) is 19.0. The molecule has 174 valence electrons. The average molecular weight is 462 g/mol. The first-order valence-corrected chi connectivity index (χ1v) is 12.1. The van der Waals surface area contributed by atoms with Crippen molar-refractivity contribution >= 4 is 27.6 Å². The number of rotatable bonds is 9. The fourth-order valence-electron chi connectivity index (χ4n) is 3.72. The van der Waals surface area contributed by atoms with Gasteiger partial charge in [0.1, 0.15) is 11.6 Å². The molecule has 0 aromatic carbocycles. The summed E-state index contributed by atoms with van der Waals surface area (Å²) in [5.74, 6) is 0.568. The summed E-state index contributed by atoms with van der Waals surface area (Å²) in [6, 6.07) is 7.82. The summed E-state index contributed by atoms with van der Waals surface area (Å²) in [5, 5.41) is 2.82. The number of ether oxygens (including phenoxy) is 1. The largest absolute Gasteiger partial charge is 0.385 e. The van der Waals surface area contributed by atoms with Gasteiger partial charge in [-0.3, -0.25) is 4.79 Å². The van der Waals surface area contributed by atoms with E-state index in [4.69, 9.17) is 4.74 Å². The molecule has 1 fully saturated rings. The highest BCUT2D eigenvalue weighted by Crippen LogP contribution is 2.38. The summed E-state index contributed by atoms with van der Waals surface area (Å²) in [4.78, 5) is 23.6. The number of pyridine rings is 2. The second-order valence-electron chi connectivity index (χ2n) is 8.44. The number of amides is 1. The number of anilines is 2. The normalized spacial score (nSPS) is 17.9. The molecule has 1 saturated heterocycles. The smallest absolute Gasteiger partial charge is 0.281 e. The molecule has 1 atom stereocenters. The number of sulfonamides is 1. The molecule has 1 aliphatic heterocycles. The molecule has 3 heterocycles. The second-order valence-corrected chi connectivity index (χ2v) is 10.1. The van der Waals surface area contributed by atoms with Gasteiger partial charge in [-0.05, 0) is 56.9 Å². The van der Waals surface area contributed by atoms with Gasteiger partial charge in [0, 0.05) is 38.5 Å². The molecular formula is C22H31N5O4S. The molecule has 32 heavy (non-hydrogen) atoms. The Morgan fingerprint density at radius 3 is 2.75 bits per heavy atom. The lowest BCUT2D eigenvalue weighted by Gasteiger charge is -2.36. The predicted molar refractivity (Wildman–Crippen MR) is 123 cm³/mol. The maximum atomic E-state index is 13.0. The minimum atomic E-state index is -4.17. The van der Waals surface area contributed by atoms with Crippen LogP contribution < -0.4 is 14.9 Å². The van der Waals surface area contributed by atoms with Gasteiger partial charge in [-0.1, -0.05) is 13.0 Å². The highest BCUT2D eigenvalue weighted by atomic mass is 32.2. The molecule has 0 bridgehead atoms. The van der Waals surface area contributed by atoms with Gasteiger partial charge in [0.05, 0.1) is 5.56 Å². The van der Waals surface area contributed by atoms with Crippen molar-refractivity contribution in [2.75, 3.05) is 37.0 Å². The number of aromatic nitrogens is 2. The molecule has 0 radical (unpaired) electrons. The molecule has 1 amide bonds. The Hall–Kier alpha value is -2.72. The number of nitrogens with zero attached hydrogens (tertiary/aromatic N) is 3. The van der Waals surface area contributed by atoms with Crippen LogP contribution in [0.4, 0.5) is 11.6 Å². The Bertz CT molecular complexity index is 1060. The monoisotopic (exact) mass is 461 g/mol. The third kappa shape index (κ3) is 5.18. The SMILES string of the molecule is COCCCNc1cccc(S(=O)(=O)NC(=O)c2cccnc2N2CCC(C)C2(C)C)n1. The number of hydrogen-bond acceptors (Lipinski definition) is 8. The number of carbonyl (C=O) groups excluding carboxylic acids is 1. The van der Waals surface area contributed by atoms with Crippen molar-refractivity contribution in [2.24, 2.45) is 5.92 Å². The third-order valence-corrected chi connectivity index (χ3v) is 7.26. The summed E-state index contributed by atoms with van der Waals surface area (Å²) in [6.07, 6.45) is 3.33. The molecule has 9 nitrogen and oxygen atoms in total. The molecule has 0 saturated carbocycles. The van der Waals surface area contributed by atoms with Crippen LogP contribution in [-0.2, 0) is 14.8 Å². The van der Waals surface area contributed by atoms with Gasteiger partial charge >= 0.3 is 0 Å². The lowest BCUT2D eigenvalue weighted by atomic mass is 9.90. The van der Waals surface area contributed by atoms with Gasteiger partial charge in [-0.25, -0.2) is 14.7 Å². The van der Waals surface area contributed by atoms with Gasteiger partial charge < -0.3 is 15.0 Å². The van der Waals surface area contributed by atoms with Gasteiger partial charge in [-0.2, -0.15) is 8.42 Å². The zero-order chi connectivity index (χ0) is 23.4. The maximum absolute atomic E-state index is 13.0. The first kappa shape index (κ1) is 23.9. The summed E-state index contributed by atoms with van der Waals surface area (Å²) >= 11 is 0. The quantitative estimate of drug-likeness (QED) is 0.548. The third-order valence-electron chi connectivity index (χ3n) is 6.03. The van der Waals surface area contributed by atoms with Gasteiger partial charge in [0.2, 0.25) is 0 Å². The molecular weight excluding hydrogens is 430 g/mol. The highest BCUT2D eigenvalue weighted by molar-refractivity contribution is 7.90. The lowest BCUT2D eigenvalue weighted by Crippen LogP contribution is -2.43. The van der Waals surface area contributed by atoms with E-state index < -0.39 is 15.9 Å². The number of carbonyl (C=O) groups is 1. The second kappa shape index (κ2) is 9.83. The van der Waals surface area contributed by atoms with Crippen LogP contribution in [0.15, 0.2) is 41.6 Å². The Labute approximate surface area is 189 Å². The van der Waals surface area contributed by atoms with E-state index in [1.165, 1.54) is 6.07 Å². The zero-order valence-corrected chi connectivity index (χ0v) is 19.8. The summed E-state index contributed by atoms with van der Waals surface area (Å²) in [6.45, 7) is 8.28. The van der Waals surface area contributed by atoms with Crippen LogP contribution in [-0.4, -0.2) is 56.6 Å². The molecule has 1 aliphatic rings. The topological polar surface area (TPSA) is 114 Å². The van der Waals surface area contributed by atoms with E-state index in [1.54, 1.807) is 37.6 Å². The van der Waals surface area contributed by atoms with Crippen LogP contribution in [0.1, 0.15) is 44.0 Å². The van der Waals surface area contributed by atoms with Crippen molar-refractivity contribution in [1.29, 1.82) is 0 Å². The van der Waals surface area contributed by atoms with E-state index in [2.05, 4.69) is 45.7 Å².